The van der Waals surface area contributed by atoms with E-state index in [1.54, 1.807) is 0 Å². The van der Waals surface area contributed by atoms with Crippen LogP contribution in [0.3, 0.4) is 0 Å². The molecular weight excluding hydrogens is 252 g/mol. The molecule has 1 unspecified atom stereocenters. The summed E-state index contributed by atoms with van der Waals surface area (Å²) in [5.74, 6) is -0.234. The second-order valence-electron chi connectivity index (χ2n) is 4.85. The SMILES string of the molecule is CCN(CC)C(Cc1c[nH]c2ccccc12)OC(C)=O. The van der Waals surface area contributed by atoms with Gasteiger partial charge >= 0.3 is 5.97 Å². The number of benzene rings is 1. The number of carbonyl (C=O) groups is 1. The van der Waals surface area contributed by atoms with Gasteiger partial charge < -0.3 is 9.72 Å². The molecule has 108 valence electrons. The molecule has 1 heterocycles. The normalized spacial score (nSPS) is 12.8. The first-order chi connectivity index (χ1) is 9.65. The Labute approximate surface area is 119 Å². The molecule has 0 fully saturated rings. The number of esters is 1. The van der Waals surface area contributed by atoms with Gasteiger partial charge in [-0.15, -0.1) is 0 Å². The zero-order valence-corrected chi connectivity index (χ0v) is 12.3. The first-order valence-corrected chi connectivity index (χ1v) is 7.12. The predicted octanol–water partition coefficient (Wildman–Crippen LogP) is 2.94. The zero-order valence-electron chi connectivity index (χ0n) is 12.3. The monoisotopic (exact) mass is 274 g/mol. The Morgan fingerprint density at radius 2 is 2.00 bits per heavy atom. The lowest BCUT2D eigenvalue weighted by molar-refractivity contribution is -0.156. The molecule has 0 aliphatic carbocycles. The Hall–Kier alpha value is -1.81. The number of aromatic amines is 1. The average Bonchev–Trinajstić information content (AvgIpc) is 2.83. The van der Waals surface area contributed by atoms with Crippen molar-refractivity contribution in [3.8, 4) is 0 Å². The summed E-state index contributed by atoms with van der Waals surface area (Å²) in [7, 11) is 0. The van der Waals surface area contributed by atoms with E-state index in [9.17, 15) is 4.79 Å². The van der Waals surface area contributed by atoms with Gasteiger partial charge in [-0.05, 0) is 24.7 Å². The van der Waals surface area contributed by atoms with Gasteiger partial charge in [0.1, 0.15) is 0 Å². The molecule has 4 nitrogen and oxygen atoms in total. The van der Waals surface area contributed by atoms with Crippen molar-refractivity contribution in [1.82, 2.24) is 9.88 Å². The maximum Gasteiger partial charge on any atom is 0.304 e. The van der Waals surface area contributed by atoms with Crippen LogP contribution in [0.25, 0.3) is 10.9 Å². The van der Waals surface area contributed by atoms with Crippen molar-refractivity contribution < 1.29 is 9.53 Å². The summed E-state index contributed by atoms with van der Waals surface area (Å²) in [6.07, 6.45) is 2.50. The van der Waals surface area contributed by atoms with Gasteiger partial charge in [0, 0.05) is 30.4 Å². The zero-order chi connectivity index (χ0) is 14.5. The number of nitrogens with one attached hydrogen (secondary N) is 1. The van der Waals surface area contributed by atoms with Gasteiger partial charge in [0.2, 0.25) is 0 Å². The van der Waals surface area contributed by atoms with Gasteiger partial charge in [-0.2, -0.15) is 0 Å². The highest BCUT2D eigenvalue weighted by Crippen LogP contribution is 2.21. The third-order valence-electron chi connectivity index (χ3n) is 3.59. The second-order valence-corrected chi connectivity index (χ2v) is 4.85. The smallest absolute Gasteiger partial charge is 0.304 e. The number of likely N-dealkylation sites (N-methyl/N-ethyl adjacent to an activating group) is 1. The van der Waals surface area contributed by atoms with Crippen LogP contribution < -0.4 is 0 Å². The molecule has 20 heavy (non-hydrogen) atoms. The molecule has 2 aromatic rings. The minimum atomic E-state index is -0.234. The Morgan fingerprint density at radius 1 is 1.30 bits per heavy atom. The summed E-state index contributed by atoms with van der Waals surface area (Å²) in [4.78, 5) is 16.7. The van der Waals surface area contributed by atoms with Crippen LogP contribution in [0.2, 0.25) is 0 Å². The van der Waals surface area contributed by atoms with E-state index in [0.717, 1.165) is 18.6 Å². The van der Waals surface area contributed by atoms with Crippen LogP contribution in [-0.2, 0) is 16.0 Å². The molecule has 0 saturated carbocycles. The fourth-order valence-corrected chi connectivity index (χ4v) is 2.56. The minimum absolute atomic E-state index is 0.207. The molecule has 1 atom stereocenters. The fraction of sp³-hybridized carbons (Fsp3) is 0.438. The highest BCUT2D eigenvalue weighted by Gasteiger charge is 2.20. The molecule has 0 saturated heterocycles. The summed E-state index contributed by atoms with van der Waals surface area (Å²) in [6.45, 7) is 7.34. The van der Waals surface area contributed by atoms with Crippen LogP contribution in [0.5, 0.6) is 0 Å². The van der Waals surface area contributed by atoms with Gasteiger partial charge in [-0.1, -0.05) is 32.0 Å². The summed E-state index contributed by atoms with van der Waals surface area (Å²) < 4.78 is 5.49. The highest BCUT2D eigenvalue weighted by atomic mass is 16.6. The summed E-state index contributed by atoms with van der Waals surface area (Å²) in [6, 6.07) is 8.18. The number of aromatic nitrogens is 1. The van der Waals surface area contributed by atoms with Crippen molar-refractivity contribution in [3.63, 3.8) is 0 Å². The highest BCUT2D eigenvalue weighted by molar-refractivity contribution is 5.83. The van der Waals surface area contributed by atoms with Crippen molar-refractivity contribution >= 4 is 16.9 Å². The van der Waals surface area contributed by atoms with Crippen molar-refractivity contribution in [2.24, 2.45) is 0 Å². The van der Waals surface area contributed by atoms with E-state index < -0.39 is 0 Å². The topological polar surface area (TPSA) is 45.3 Å². The number of nitrogens with zero attached hydrogens (tertiary/aromatic N) is 1. The van der Waals surface area contributed by atoms with Crippen molar-refractivity contribution in [2.75, 3.05) is 13.1 Å². The third kappa shape index (κ3) is 3.20. The molecule has 0 radical (unpaired) electrons. The molecule has 1 aromatic heterocycles. The third-order valence-corrected chi connectivity index (χ3v) is 3.59. The van der Waals surface area contributed by atoms with Crippen LogP contribution >= 0.6 is 0 Å². The Kier molecular flexibility index (Phi) is 4.79. The standard InChI is InChI=1S/C16H22N2O2/c1-4-18(5-2)16(20-12(3)19)10-13-11-17-15-9-7-6-8-14(13)15/h6-9,11,16-17H,4-5,10H2,1-3H3. The Balaban J connectivity index is 2.24. The molecule has 0 aliphatic rings. The van der Waals surface area contributed by atoms with Crippen LogP contribution in [-0.4, -0.2) is 35.2 Å². The molecule has 4 heteroatoms. The molecule has 0 bridgehead atoms. The van der Waals surface area contributed by atoms with Gasteiger partial charge in [-0.25, -0.2) is 0 Å². The van der Waals surface area contributed by atoms with E-state index in [1.807, 2.05) is 18.3 Å². The van der Waals surface area contributed by atoms with Crippen LogP contribution in [0, 0.1) is 0 Å². The first kappa shape index (κ1) is 14.6. The average molecular weight is 274 g/mol. The molecular formula is C16H22N2O2. The second kappa shape index (κ2) is 6.57. The molecule has 0 amide bonds. The van der Waals surface area contributed by atoms with Gasteiger partial charge in [0.15, 0.2) is 6.23 Å². The largest absolute Gasteiger partial charge is 0.446 e. The summed E-state index contributed by atoms with van der Waals surface area (Å²) in [5, 5.41) is 1.19. The van der Waals surface area contributed by atoms with E-state index in [1.165, 1.54) is 17.9 Å². The predicted molar refractivity (Wildman–Crippen MR) is 80.5 cm³/mol. The lowest BCUT2D eigenvalue weighted by Gasteiger charge is -2.28. The fourth-order valence-electron chi connectivity index (χ4n) is 2.56. The van der Waals surface area contributed by atoms with Crippen molar-refractivity contribution in [1.29, 1.82) is 0 Å². The lowest BCUT2D eigenvalue weighted by Crippen LogP contribution is -2.39. The van der Waals surface area contributed by atoms with E-state index in [4.69, 9.17) is 4.74 Å². The summed E-state index contributed by atoms with van der Waals surface area (Å²) >= 11 is 0. The number of rotatable bonds is 6. The maximum absolute atomic E-state index is 11.3. The molecule has 2 rings (SSSR count). The number of fused-ring (bicyclic) bond motifs is 1. The van der Waals surface area contributed by atoms with Crippen molar-refractivity contribution in [3.05, 3.63) is 36.0 Å². The van der Waals surface area contributed by atoms with E-state index >= 15 is 0 Å². The van der Waals surface area contributed by atoms with Gasteiger partial charge in [0.25, 0.3) is 0 Å². The Bertz CT molecular complexity index is 573. The van der Waals surface area contributed by atoms with Crippen LogP contribution in [0.15, 0.2) is 30.5 Å². The van der Waals surface area contributed by atoms with E-state index in [-0.39, 0.29) is 12.2 Å². The molecule has 1 N–H and O–H groups in total. The van der Waals surface area contributed by atoms with Gasteiger partial charge in [-0.3, -0.25) is 9.69 Å². The number of hydrogen-bond acceptors (Lipinski definition) is 3. The minimum Gasteiger partial charge on any atom is -0.446 e. The van der Waals surface area contributed by atoms with Crippen LogP contribution in [0.4, 0.5) is 0 Å². The summed E-state index contributed by atoms with van der Waals surface area (Å²) in [5.41, 5.74) is 2.29. The van der Waals surface area contributed by atoms with E-state index in [0.29, 0.717) is 6.42 Å². The first-order valence-electron chi connectivity index (χ1n) is 7.12. The van der Waals surface area contributed by atoms with Crippen molar-refractivity contribution in [2.45, 2.75) is 33.4 Å². The number of carbonyl (C=O) groups excluding carboxylic acids is 1. The van der Waals surface area contributed by atoms with E-state index in [2.05, 4.69) is 35.9 Å². The molecule has 0 spiro atoms. The van der Waals surface area contributed by atoms with Crippen LogP contribution in [0.1, 0.15) is 26.3 Å². The lowest BCUT2D eigenvalue weighted by atomic mass is 10.1. The van der Waals surface area contributed by atoms with Gasteiger partial charge in [0.05, 0.1) is 0 Å². The number of ether oxygens (including phenoxy) is 1. The number of para-hydroxylation sites is 1. The number of H-pyrrole nitrogens is 1. The Morgan fingerprint density at radius 3 is 2.65 bits per heavy atom. The maximum atomic E-state index is 11.3. The number of hydrogen-bond donors (Lipinski definition) is 1. The molecule has 0 aliphatic heterocycles. The molecule has 1 aromatic carbocycles. The quantitative estimate of drug-likeness (QED) is 0.650.